The van der Waals surface area contributed by atoms with E-state index in [9.17, 15) is 0 Å². The Morgan fingerprint density at radius 2 is 1.95 bits per heavy atom. The third kappa shape index (κ3) is 4.02. The van der Waals surface area contributed by atoms with Gasteiger partial charge in [-0.05, 0) is 58.0 Å². The highest BCUT2D eigenvalue weighted by molar-refractivity contribution is 5.03. The van der Waals surface area contributed by atoms with Crippen molar-refractivity contribution in [3.63, 3.8) is 0 Å². The van der Waals surface area contributed by atoms with E-state index in [1.807, 2.05) is 12.3 Å². The Balaban J connectivity index is 1.46. The van der Waals surface area contributed by atoms with Gasteiger partial charge >= 0.3 is 0 Å². The molecule has 116 valence electrons. The molecule has 0 amide bonds. The standard InChI is InChI=1S/C17H27N3O/c1-19(14-15-4-2-3-9-18-15)16-5-10-20(11-6-16)17-7-12-21-13-8-17/h2-4,9,16-17H,5-8,10-14H2,1H3. The number of pyridine rings is 1. The second kappa shape index (κ2) is 7.34. The smallest absolute Gasteiger partial charge is 0.0543 e. The molecule has 0 aliphatic carbocycles. The summed E-state index contributed by atoms with van der Waals surface area (Å²) in [5, 5.41) is 0. The van der Waals surface area contributed by atoms with Crippen LogP contribution in [0.4, 0.5) is 0 Å². The highest BCUT2D eigenvalue weighted by Crippen LogP contribution is 2.22. The lowest BCUT2D eigenvalue weighted by atomic mass is 9.99. The van der Waals surface area contributed by atoms with Gasteiger partial charge in [-0.25, -0.2) is 0 Å². The van der Waals surface area contributed by atoms with Crippen LogP contribution in [0.25, 0.3) is 0 Å². The summed E-state index contributed by atoms with van der Waals surface area (Å²) in [4.78, 5) is 9.60. The molecule has 0 unspecified atom stereocenters. The first-order valence-electron chi connectivity index (χ1n) is 8.25. The lowest BCUT2D eigenvalue weighted by Gasteiger charge is -2.41. The maximum atomic E-state index is 5.47. The molecular formula is C17H27N3O. The van der Waals surface area contributed by atoms with E-state index in [1.165, 1.54) is 44.5 Å². The minimum Gasteiger partial charge on any atom is -0.381 e. The maximum absolute atomic E-state index is 5.47. The Hall–Kier alpha value is -0.970. The van der Waals surface area contributed by atoms with Crippen molar-refractivity contribution < 1.29 is 4.74 Å². The second-order valence-corrected chi connectivity index (χ2v) is 6.35. The van der Waals surface area contributed by atoms with Crippen LogP contribution in [0.5, 0.6) is 0 Å². The van der Waals surface area contributed by atoms with Crippen LogP contribution in [-0.4, -0.2) is 60.2 Å². The van der Waals surface area contributed by atoms with E-state index in [1.54, 1.807) is 0 Å². The minimum atomic E-state index is 0.697. The topological polar surface area (TPSA) is 28.6 Å². The Morgan fingerprint density at radius 3 is 2.62 bits per heavy atom. The van der Waals surface area contributed by atoms with Gasteiger partial charge in [-0.1, -0.05) is 6.07 Å². The first kappa shape index (κ1) is 14.9. The molecule has 1 aromatic rings. The number of rotatable bonds is 4. The van der Waals surface area contributed by atoms with Gasteiger partial charge in [-0.2, -0.15) is 0 Å². The third-order valence-corrected chi connectivity index (χ3v) is 4.97. The van der Waals surface area contributed by atoms with Gasteiger partial charge in [0.15, 0.2) is 0 Å². The van der Waals surface area contributed by atoms with Crippen molar-refractivity contribution in [3.8, 4) is 0 Å². The van der Waals surface area contributed by atoms with Crippen molar-refractivity contribution in [2.45, 2.75) is 44.3 Å². The molecule has 0 radical (unpaired) electrons. The molecule has 0 spiro atoms. The fraction of sp³-hybridized carbons (Fsp3) is 0.706. The van der Waals surface area contributed by atoms with Crippen LogP contribution in [-0.2, 0) is 11.3 Å². The predicted molar refractivity (Wildman–Crippen MR) is 84.1 cm³/mol. The van der Waals surface area contributed by atoms with Gasteiger partial charge in [0.2, 0.25) is 0 Å². The van der Waals surface area contributed by atoms with Gasteiger partial charge in [0.05, 0.1) is 5.69 Å². The summed E-state index contributed by atoms with van der Waals surface area (Å²) in [5.41, 5.74) is 1.17. The average molecular weight is 289 g/mol. The van der Waals surface area contributed by atoms with Crippen LogP contribution >= 0.6 is 0 Å². The van der Waals surface area contributed by atoms with Crippen LogP contribution in [0.15, 0.2) is 24.4 Å². The number of hydrogen-bond acceptors (Lipinski definition) is 4. The predicted octanol–water partition coefficient (Wildman–Crippen LogP) is 2.16. The van der Waals surface area contributed by atoms with E-state index in [-0.39, 0.29) is 0 Å². The van der Waals surface area contributed by atoms with E-state index in [0.29, 0.717) is 6.04 Å². The molecule has 1 aromatic heterocycles. The van der Waals surface area contributed by atoms with Crippen LogP contribution in [0.2, 0.25) is 0 Å². The molecule has 0 saturated carbocycles. The molecule has 21 heavy (non-hydrogen) atoms. The van der Waals surface area contributed by atoms with Crippen LogP contribution in [0, 0.1) is 0 Å². The van der Waals surface area contributed by atoms with Gasteiger partial charge in [0, 0.05) is 38.0 Å². The zero-order valence-electron chi connectivity index (χ0n) is 13.1. The molecule has 4 heteroatoms. The summed E-state index contributed by atoms with van der Waals surface area (Å²) in [6.07, 6.45) is 6.88. The molecular weight excluding hydrogens is 262 g/mol. The first-order valence-corrected chi connectivity index (χ1v) is 8.25. The van der Waals surface area contributed by atoms with Crippen LogP contribution < -0.4 is 0 Å². The largest absolute Gasteiger partial charge is 0.381 e. The zero-order valence-corrected chi connectivity index (χ0v) is 13.1. The van der Waals surface area contributed by atoms with Gasteiger partial charge in [0.1, 0.15) is 0 Å². The highest BCUT2D eigenvalue weighted by Gasteiger charge is 2.28. The number of likely N-dealkylation sites (tertiary alicyclic amines) is 1. The Kier molecular flexibility index (Phi) is 5.22. The minimum absolute atomic E-state index is 0.697. The summed E-state index contributed by atoms with van der Waals surface area (Å²) in [5.74, 6) is 0. The Labute approximate surface area is 128 Å². The van der Waals surface area contributed by atoms with Crippen molar-refractivity contribution in [1.29, 1.82) is 0 Å². The zero-order chi connectivity index (χ0) is 14.5. The van der Waals surface area contributed by atoms with E-state index >= 15 is 0 Å². The van der Waals surface area contributed by atoms with E-state index < -0.39 is 0 Å². The molecule has 0 atom stereocenters. The summed E-state index contributed by atoms with van der Waals surface area (Å²) in [6.45, 7) is 5.33. The molecule has 0 N–H and O–H groups in total. The summed E-state index contributed by atoms with van der Waals surface area (Å²) in [6, 6.07) is 7.64. The normalized spacial score (nSPS) is 22.8. The van der Waals surface area contributed by atoms with E-state index in [0.717, 1.165) is 25.8 Å². The molecule has 3 heterocycles. The maximum Gasteiger partial charge on any atom is 0.0543 e. The molecule has 2 saturated heterocycles. The molecule has 3 rings (SSSR count). The lowest BCUT2D eigenvalue weighted by Crippen LogP contribution is -2.48. The average Bonchev–Trinajstić information content (AvgIpc) is 2.57. The first-order chi connectivity index (χ1) is 10.3. The molecule has 0 aromatic carbocycles. The number of hydrogen-bond donors (Lipinski definition) is 0. The fourth-order valence-corrected chi connectivity index (χ4v) is 3.62. The van der Waals surface area contributed by atoms with E-state index in [2.05, 4.69) is 34.0 Å². The van der Waals surface area contributed by atoms with Crippen molar-refractivity contribution in [1.82, 2.24) is 14.8 Å². The molecule has 4 nitrogen and oxygen atoms in total. The summed E-state index contributed by atoms with van der Waals surface area (Å²) in [7, 11) is 2.24. The lowest BCUT2D eigenvalue weighted by molar-refractivity contribution is 0.0151. The monoisotopic (exact) mass is 289 g/mol. The summed E-state index contributed by atoms with van der Waals surface area (Å²) < 4.78 is 5.47. The number of aromatic nitrogens is 1. The number of ether oxygens (including phenoxy) is 1. The SMILES string of the molecule is CN(Cc1ccccn1)C1CCN(C2CCOCC2)CC1. The van der Waals surface area contributed by atoms with E-state index in [4.69, 9.17) is 4.74 Å². The molecule has 0 bridgehead atoms. The van der Waals surface area contributed by atoms with Gasteiger partial charge in [-0.3, -0.25) is 9.88 Å². The number of nitrogens with zero attached hydrogens (tertiary/aromatic N) is 3. The van der Waals surface area contributed by atoms with Crippen molar-refractivity contribution in [2.24, 2.45) is 0 Å². The Bertz CT molecular complexity index is 411. The Morgan fingerprint density at radius 1 is 1.19 bits per heavy atom. The van der Waals surface area contributed by atoms with Gasteiger partial charge in [-0.15, -0.1) is 0 Å². The summed E-state index contributed by atoms with van der Waals surface area (Å²) >= 11 is 0. The number of piperidine rings is 1. The fourth-order valence-electron chi connectivity index (χ4n) is 3.62. The third-order valence-electron chi connectivity index (χ3n) is 4.97. The quantitative estimate of drug-likeness (QED) is 0.849. The van der Waals surface area contributed by atoms with Gasteiger partial charge in [0.25, 0.3) is 0 Å². The van der Waals surface area contributed by atoms with Crippen molar-refractivity contribution in [2.75, 3.05) is 33.4 Å². The second-order valence-electron chi connectivity index (χ2n) is 6.35. The van der Waals surface area contributed by atoms with Crippen LogP contribution in [0.3, 0.4) is 0 Å². The molecule has 2 aliphatic heterocycles. The van der Waals surface area contributed by atoms with Crippen molar-refractivity contribution >= 4 is 0 Å². The molecule has 2 aliphatic rings. The molecule has 2 fully saturated rings. The highest BCUT2D eigenvalue weighted by atomic mass is 16.5. The van der Waals surface area contributed by atoms with Gasteiger partial charge < -0.3 is 9.64 Å². The van der Waals surface area contributed by atoms with Crippen molar-refractivity contribution in [3.05, 3.63) is 30.1 Å². The van der Waals surface area contributed by atoms with Crippen LogP contribution in [0.1, 0.15) is 31.4 Å².